The van der Waals surface area contributed by atoms with Crippen LogP contribution >= 0.6 is 0 Å². The molecule has 10 heteroatoms. The molecule has 0 fully saturated rings. The van der Waals surface area contributed by atoms with Crippen molar-refractivity contribution in [2.45, 2.75) is 24.7 Å². The Morgan fingerprint density at radius 1 is 1.29 bits per heavy atom. The molecular formula is C18H19N3O6S. The van der Waals surface area contributed by atoms with Gasteiger partial charge in [-0.25, -0.2) is 8.42 Å². The average molecular weight is 405 g/mol. The molecule has 1 aliphatic heterocycles. The monoisotopic (exact) mass is 405 g/mol. The zero-order valence-corrected chi connectivity index (χ0v) is 16.2. The second-order valence-electron chi connectivity index (χ2n) is 6.19. The molecule has 0 atom stereocenters. The van der Waals surface area contributed by atoms with Crippen molar-refractivity contribution in [3.05, 3.63) is 52.1 Å². The van der Waals surface area contributed by atoms with Crippen LogP contribution in [0.5, 0.6) is 5.75 Å². The summed E-state index contributed by atoms with van der Waals surface area (Å²) in [5, 5.41) is 11.0. The Morgan fingerprint density at radius 2 is 2.04 bits per heavy atom. The molecule has 0 saturated carbocycles. The molecule has 3 rings (SSSR count). The fraction of sp³-hybridized carbons (Fsp3) is 0.278. The van der Waals surface area contributed by atoms with E-state index in [1.165, 1.54) is 31.4 Å². The summed E-state index contributed by atoms with van der Waals surface area (Å²) >= 11 is 0. The normalized spacial score (nSPS) is 13.1. The van der Waals surface area contributed by atoms with E-state index in [4.69, 9.17) is 4.74 Å². The molecule has 1 aliphatic rings. The highest BCUT2D eigenvalue weighted by atomic mass is 32.2. The van der Waals surface area contributed by atoms with Crippen molar-refractivity contribution < 1.29 is 22.9 Å². The number of anilines is 2. The summed E-state index contributed by atoms with van der Waals surface area (Å²) in [6.07, 6.45) is 0.929. The first kappa shape index (κ1) is 19.6. The molecular weight excluding hydrogens is 386 g/mol. The van der Waals surface area contributed by atoms with Gasteiger partial charge in [0.25, 0.3) is 15.7 Å². The van der Waals surface area contributed by atoms with E-state index in [2.05, 4.69) is 4.72 Å². The van der Waals surface area contributed by atoms with Gasteiger partial charge in [-0.05, 0) is 36.2 Å². The third-order valence-electron chi connectivity index (χ3n) is 4.50. The number of non-ortho nitro benzene ring substituents is 1. The first-order chi connectivity index (χ1) is 13.3. The highest BCUT2D eigenvalue weighted by Crippen LogP contribution is 2.33. The second-order valence-corrected chi connectivity index (χ2v) is 7.87. The summed E-state index contributed by atoms with van der Waals surface area (Å²) in [5.41, 5.74) is 1.18. The number of hydrogen-bond acceptors (Lipinski definition) is 6. The Kier molecular flexibility index (Phi) is 5.23. The van der Waals surface area contributed by atoms with Crippen molar-refractivity contribution in [2.24, 2.45) is 0 Å². The summed E-state index contributed by atoms with van der Waals surface area (Å²) in [7, 11) is -2.67. The topological polar surface area (TPSA) is 119 Å². The lowest BCUT2D eigenvalue weighted by atomic mass is 10.2. The Hall–Kier alpha value is -3.14. The van der Waals surface area contributed by atoms with Crippen molar-refractivity contribution in [1.29, 1.82) is 0 Å². The van der Waals surface area contributed by atoms with E-state index in [1.807, 2.05) is 0 Å². The van der Waals surface area contributed by atoms with Crippen LogP contribution in [0.3, 0.4) is 0 Å². The molecule has 0 aromatic heterocycles. The average Bonchev–Trinajstić information content (AvgIpc) is 3.10. The van der Waals surface area contributed by atoms with Gasteiger partial charge in [0.2, 0.25) is 5.91 Å². The van der Waals surface area contributed by atoms with E-state index >= 15 is 0 Å². The van der Waals surface area contributed by atoms with Crippen molar-refractivity contribution >= 4 is 33.0 Å². The number of nitro benzene ring substituents is 1. The van der Waals surface area contributed by atoms with Gasteiger partial charge in [-0.3, -0.25) is 19.6 Å². The highest BCUT2D eigenvalue weighted by molar-refractivity contribution is 7.92. The number of sulfonamides is 1. The van der Waals surface area contributed by atoms with Crippen molar-refractivity contribution in [3.63, 3.8) is 0 Å². The maximum Gasteiger partial charge on any atom is 0.271 e. The van der Waals surface area contributed by atoms with Gasteiger partial charge in [0, 0.05) is 30.8 Å². The van der Waals surface area contributed by atoms with Gasteiger partial charge < -0.3 is 9.64 Å². The third-order valence-corrected chi connectivity index (χ3v) is 5.86. The number of amides is 1. The second kappa shape index (κ2) is 7.47. The predicted octanol–water partition coefficient (Wildman–Crippen LogP) is 2.70. The number of benzene rings is 2. The number of fused-ring (bicyclic) bond motifs is 1. The van der Waals surface area contributed by atoms with Crippen molar-refractivity contribution in [3.8, 4) is 5.75 Å². The summed E-state index contributed by atoms with van der Waals surface area (Å²) in [6.45, 7) is 2.28. The molecule has 0 spiro atoms. The van der Waals surface area contributed by atoms with Crippen LogP contribution in [0.1, 0.15) is 18.9 Å². The fourth-order valence-electron chi connectivity index (χ4n) is 3.09. The van der Waals surface area contributed by atoms with Crippen LogP contribution < -0.4 is 14.4 Å². The molecule has 2 aromatic carbocycles. The lowest BCUT2D eigenvalue weighted by molar-refractivity contribution is -0.384. The van der Waals surface area contributed by atoms with Crippen molar-refractivity contribution in [1.82, 2.24) is 0 Å². The highest BCUT2D eigenvalue weighted by Gasteiger charge is 2.26. The van der Waals surface area contributed by atoms with Gasteiger partial charge in [0.05, 0.1) is 22.6 Å². The number of rotatable bonds is 6. The zero-order valence-electron chi connectivity index (χ0n) is 15.3. The molecule has 0 aliphatic carbocycles. The maximum atomic E-state index is 12.8. The first-order valence-electron chi connectivity index (χ1n) is 8.55. The van der Waals surface area contributed by atoms with E-state index in [0.29, 0.717) is 25.1 Å². The van der Waals surface area contributed by atoms with E-state index in [1.54, 1.807) is 17.9 Å². The molecule has 0 saturated heterocycles. The summed E-state index contributed by atoms with van der Waals surface area (Å²) in [4.78, 5) is 24.0. The van der Waals surface area contributed by atoms with Gasteiger partial charge >= 0.3 is 0 Å². The molecule has 9 nitrogen and oxygen atoms in total. The fourth-order valence-corrected chi connectivity index (χ4v) is 4.20. The van der Waals surface area contributed by atoms with Crippen LogP contribution in [0.4, 0.5) is 17.1 Å². The van der Waals surface area contributed by atoms with E-state index in [0.717, 1.165) is 11.6 Å². The number of carbonyl (C=O) groups excluding carboxylic acids is 1. The van der Waals surface area contributed by atoms with Crippen LogP contribution in [-0.4, -0.2) is 32.9 Å². The molecule has 28 heavy (non-hydrogen) atoms. The SMILES string of the molecule is CCC(=O)N1CCc2cc(S(=O)(=O)Nc3cc([N+](=O)[O-])ccc3OC)ccc21. The molecule has 2 aromatic rings. The van der Waals surface area contributed by atoms with Crippen LogP contribution in [0.15, 0.2) is 41.3 Å². The van der Waals surface area contributed by atoms with Gasteiger partial charge in [0.15, 0.2) is 0 Å². The van der Waals surface area contributed by atoms with Gasteiger partial charge in [-0.2, -0.15) is 0 Å². The molecule has 0 bridgehead atoms. The van der Waals surface area contributed by atoms with Crippen LogP contribution in [0, 0.1) is 10.1 Å². The number of nitrogens with one attached hydrogen (secondary N) is 1. The number of nitrogens with zero attached hydrogens (tertiary/aromatic N) is 2. The summed E-state index contributed by atoms with van der Waals surface area (Å²) in [6, 6.07) is 8.19. The minimum atomic E-state index is -4.01. The molecule has 148 valence electrons. The summed E-state index contributed by atoms with van der Waals surface area (Å²) < 4.78 is 33.1. The minimum absolute atomic E-state index is 0.00519. The number of ether oxygens (including phenoxy) is 1. The van der Waals surface area contributed by atoms with Gasteiger partial charge in [0.1, 0.15) is 5.75 Å². The smallest absolute Gasteiger partial charge is 0.271 e. The molecule has 0 radical (unpaired) electrons. The first-order valence-corrected chi connectivity index (χ1v) is 10.0. The van der Waals surface area contributed by atoms with E-state index in [9.17, 15) is 23.3 Å². The van der Waals surface area contributed by atoms with E-state index in [-0.39, 0.29) is 27.9 Å². The Balaban J connectivity index is 1.94. The maximum absolute atomic E-state index is 12.8. The lowest BCUT2D eigenvalue weighted by Crippen LogP contribution is -2.27. The number of hydrogen-bond donors (Lipinski definition) is 1. The van der Waals surface area contributed by atoms with Gasteiger partial charge in [-0.1, -0.05) is 6.92 Å². The largest absolute Gasteiger partial charge is 0.495 e. The Morgan fingerprint density at radius 3 is 2.68 bits per heavy atom. The van der Waals surface area contributed by atoms with Crippen LogP contribution in [-0.2, 0) is 21.2 Å². The van der Waals surface area contributed by atoms with Crippen LogP contribution in [0.2, 0.25) is 0 Å². The number of carbonyl (C=O) groups is 1. The van der Waals surface area contributed by atoms with Crippen LogP contribution in [0.25, 0.3) is 0 Å². The lowest BCUT2D eigenvalue weighted by Gasteiger charge is -2.17. The molecule has 1 N–H and O–H groups in total. The predicted molar refractivity (Wildman–Crippen MR) is 103 cm³/mol. The molecule has 1 amide bonds. The molecule has 1 heterocycles. The Bertz CT molecular complexity index is 1050. The standard InChI is InChI=1S/C18H19N3O6S/c1-3-18(22)20-9-8-12-10-14(5-6-16(12)20)28(25,26)19-15-11-13(21(23)24)4-7-17(15)27-2/h4-7,10-11,19H,3,8-9H2,1-2H3. The number of methoxy groups -OCH3 is 1. The Labute approximate surface area is 162 Å². The number of nitro groups is 1. The quantitative estimate of drug-likeness (QED) is 0.583. The zero-order chi connectivity index (χ0) is 20.5. The van der Waals surface area contributed by atoms with E-state index < -0.39 is 14.9 Å². The molecule has 0 unspecified atom stereocenters. The van der Waals surface area contributed by atoms with Gasteiger partial charge in [-0.15, -0.1) is 0 Å². The summed E-state index contributed by atoms with van der Waals surface area (Å²) in [5.74, 6) is 0.142. The van der Waals surface area contributed by atoms with Crippen molar-refractivity contribution in [2.75, 3.05) is 23.3 Å². The minimum Gasteiger partial charge on any atom is -0.495 e. The third kappa shape index (κ3) is 3.63.